The number of rotatable bonds is 4. The Kier molecular flexibility index (Phi) is 5.42. The highest BCUT2D eigenvalue weighted by atomic mass is 32.2. The van der Waals surface area contributed by atoms with Gasteiger partial charge in [0.05, 0.1) is 17.0 Å². The van der Waals surface area contributed by atoms with Crippen molar-refractivity contribution >= 4 is 28.2 Å². The predicted molar refractivity (Wildman–Crippen MR) is 118 cm³/mol. The molecule has 0 bridgehead atoms. The van der Waals surface area contributed by atoms with Gasteiger partial charge in [-0.25, -0.2) is 4.72 Å². The van der Waals surface area contributed by atoms with Gasteiger partial charge in [0.15, 0.2) is 0 Å². The molecule has 1 heterocycles. The van der Waals surface area contributed by atoms with Crippen LogP contribution in [0.25, 0.3) is 11.1 Å². The van der Waals surface area contributed by atoms with Crippen molar-refractivity contribution in [2.45, 2.75) is 20.0 Å². The molecule has 0 amide bonds. The molecule has 0 saturated heterocycles. The Morgan fingerprint density at radius 2 is 1.75 bits per heavy atom. The second kappa shape index (κ2) is 8.13. The summed E-state index contributed by atoms with van der Waals surface area (Å²) in [6, 6.07) is 24.8. The number of allylic oxidation sites excluding steroid dienone is 1. The maximum Gasteiger partial charge on any atom is 0.127 e. The van der Waals surface area contributed by atoms with Crippen molar-refractivity contribution in [2.75, 3.05) is 11.0 Å². The fraction of sp³-hybridized carbons (Fsp3) is 0.167. The van der Waals surface area contributed by atoms with Gasteiger partial charge in [-0.3, -0.25) is 0 Å². The van der Waals surface area contributed by atoms with E-state index in [1.165, 1.54) is 22.3 Å². The lowest BCUT2D eigenvalue weighted by Crippen LogP contribution is -2.09. The summed E-state index contributed by atoms with van der Waals surface area (Å²) in [5.41, 5.74) is 7.94. The summed E-state index contributed by atoms with van der Waals surface area (Å²) in [7, 11) is 0. The van der Waals surface area contributed by atoms with Crippen molar-refractivity contribution in [3.8, 4) is 5.75 Å². The van der Waals surface area contributed by atoms with Gasteiger partial charge in [-0.1, -0.05) is 61.5 Å². The van der Waals surface area contributed by atoms with Crippen LogP contribution in [0.2, 0.25) is 0 Å². The largest absolute Gasteiger partial charge is 0.593 e. The second-order valence-corrected chi connectivity index (χ2v) is 7.90. The van der Waals surface area contributed by atoms with Crippen LogP contribution in [0, 0.1) is 0 Å². The van der Waals surface area contributed by atoms with E-state index in [0.29, 0.717) is 6.61 Å². The molecule has 142 valence electrons. The molecule has 0 fully saturated rings. The van der Waals surface area contributed by atoms with E-state index in [1.54, 1.807) is 6.26 Å². The Bertz CT molecular complexity index is 977. The highest BCUT2D eigenvalue weighted by Gasteiger charge is 2.22. The molecule has 3 aromatic carbocycles. The highest BCUT2D eigenvalue weighted by molar-refractivity contribution is 7.92. The molecule has 1 aliphatic rings. The maximum atomic E-state index is 11.6. The molecule has 3 aromatic rings. The molecule has 1 N–H and O–H groups in total. The molecule has 0 aliphatic carbocycles. The van der Waals surface area contributed by atoms with Crippen LogP contribution >= 0.6 is 0 Å². The quantitative estimate of drug-likeness (QED) is 0.586. The molecule has 3 nitrogen and oxygen atoms in total. The average molecular weight is 390 g/mol. The zero-order valence-electron chi connectivity index (χ0n) is 16.1. The molecule has 4 rings (SSSR count). The molecule has 1 aliphatic heterocycles. The standard InChI is InChI=1S/C24H23NO2S/c1-3-20(17-10-8-11-19(15-17)25-28(2)26)24-21-12-5-4-9-18(21)16-27-23-14-7-6-13-22(23)24/h4-15,25H,3,16H2,1-2H3/b24-20+. The van der Waals surface area contributed by atoms with Crippen molar-refractivity contribution < 1.29 is 9.29 Å². The highest BCUT2D eigenvalue weighted by Crippen LogP contribution is 2.42. The Morgan fingerprint density at radius 3 is 2.54 bits per heavy atom. The lowest BCUT2D eigenvalue weighted by Gasteiger charge is -2.18. The number of anilines is 1. The number of hydrogen-bond donors (Lipinski definition) is 1. The zero-order valence-corrected chi connectivity index (χ0v) is 16.9. The Morgan fingerprint density at radius 1 is 1.00 bits per heavy atom. The molecule has 4 heteroatoms. The minimum atomic E-state index is -1.11. The Labute approximate surface area is 169 Å². The van der Waals surface area contributed by atoms with Crippen LogP contribution in [-0.2, 0) is 18.0 Å². The van der Waals surface area contributed by atoms with Crippen LogP contribution in [0.5, 0.6) is 5.75 Å². The third kappa shape index (κ3) is 3.66. The SMILES string of the molecule is CC/C(=C1/c2ccccc2COc2ccccc21)c1cccc(N[S+](C)[O-])c1. The zero-order chi connectivity index (χ0) is 19.5. The number of hydrogen-bond acceptors (Lipinski definition) is 3. The first-order chi connectivity index (χ1) is 13.7. The summed E-state index contributed by atoms with van der Waals surface area (Å²) in [6.07, 6.45) is 2.51. The summed E-state index contributed by atoms with van der Waals surface area (Å²) in [5, 5.41) is 0. The van der Waals surface area contributed by atoms with Gasteiger partial charge < -0.3 is 9.29 Å². The molecule has 1 atom stereocenters. The minimum absolute atomic E-state index is 0.560. The van der Waals surface area contributed by atoms with Gasteiger partial charge in [0.25, 0.3) is 0 Å². The van der Waals surface area contributed by atoms with Crippen LogP contribution in [-0.4, -0.2) is 10.8 Å². The summed E-state index contributed by atoms with van der Waals surface area (Å²) in [6.45, 7) is 2.74. The topological polar surface area (TPSA) is 44.3 Å². The monoisotopic (exact) mass is 389 g/mol. The van der Waals surface area contributed by atoms with Crippen LogP contribution in [0.3, 0.4) is 0 Å². The number of para-hydroxylation sites is 1. The fourth-order valence-electron chi connectivity index (χ4n) is 3.78. The van der Waals surface area contributed by atoms with E-state index in [9.17, 15) is 4.55 Å². The molecular weight excluding hydrogens is 366 g/mol. The van der Waals surface area contributed by atoms with Crippen molar-refractivity contribution in [1.29, 1.82) is 0 Å². The number of benzene rings is 3. The van der Waals surface area contributed by atoms with E-state index in [4.69, 9.17) is 4.74 Å². The lowest BCUT2D eigenvalue weighted by molar-refractivity contribution is 0.307. The number of nitrogens with one attached hydrogen (secondary N) is 1. The van der Waals surface area contributed by atoms with E-state index in [0.717, 1.165) is 29.0 Å². The molecule has 0 saturated carbocycles. The summed E-state index contributed by atoms with van der Waals surface area (Å²) in [4.78, 5) is 0. The van der Waals surface area contributed by atoms with Gasteiger partial charge in [0.2, 0.25) is 0 Å². The van der Waals surface area contributed by atoms with Crippen LogP contribution in [0.15, 0.2) is 72.8 Å². The van der Waals surface area contributed by atoms with Gasteiger partial charge in [0, 0.05) is 5.56 Å². The van der Waals surface area contributed by atoms with Crippen molar-refractivity contribution in [3.63, 3.8) is 0 Å². The van der Waals surface area contributed by atoms with Crippen molar-refractivity contribution in [3.05, 3.63) is 95.1 Å². The molecule has 1 unspecified atom stereocenters. The van der Waals surface area contributed by atoms with Crippen LogP contribution in [0.4, 0.5) is 5.69 Å². The third-order valence-corrected chi connectivity index (χ3v) is 5.48. The Hall–Kier alpha value is -2.69. The van der Waals surface area contributed by atoms with Gasteiger partial charge in [-0.05, 0) is 52.5 Å². The first kappa shape index (κ1) is 18.7. The number of ether oxygens (including phenoxy) is 1. The summed E-state index contributed by atoms with van der Waals surface area (Å²) < 4.78 is 20.7. The van der Waals surface area contributed by atoms with Crippen molar-refractivity contribution in [2.24, 2.45) is 0 Å². The van der Waals surface area contributed by atoms with Gasteiger partial charge in [-0.2, -0.15) is 0 Å². The van der Waals surface area contributed by atoms with Gasteiger partial charge in [-0.15, -0.1) is 0 Å². The van der Waals surface area contributed by atoms with Gasteiger partial charge >= 0.3 is 0 Å². The van der Waals surface area contributed by atoms with Crippen molar-refractivity contribution in [1.82, 2.24) is 0 Å². The lowest BCUT2D eigenvalue weighted by atomic mass is 9.86. The predicted octanol–water partition coefficient (Wildman–Crippen LogP) is 5.65. The molecule has 0 aromatic heterocycles. The maximum absolute atomic E-state index is 11.6. The van der Waals surface area contributed by atoms with Crippen LogP contribution < -0.4 is 9.46 Å². The number of fused-ring (bicyclic) bond motifs is 2. The second-order valence-electron chi connectivity index (χ2n) is 6.79. The van der Waals surface area contributed by atoms with E-state index in [1.807, 2.05) is 24.3 Å². The smallest absolute Gasteiger partial charge is 0.127 e. The molecule has 0 radical (unpaired) electrons. The van der Waals surface area contributed by atoms with E-state index >= 15 is 0 Å². The average Bonchev–Trinajstić information content (AvgIpc) is 2.86. The first-order valence-electron chi connectivity index (χ1n) is 9.41. The fourth-order valence-corrected chi connectivity index (χ4v) is 4.24. The molecular formula is C24H23NO2S. The molecule has 28 heavy (non-hydrogen) atoms. The third-order valence-electron chi connectivity index (χ3n) is 4.95. The first-order valence-corrected chi connectivity index (χ1v) is 11.0. The minimum Gasteiger partial charge on any atom is -0.593 e. The van der Waals surface area contributed by atoms with Gasteiger partial charge in [0.1, 0.15) is 18.6 Å². The van der Waals surface area contributed by atoms with Crippen LogP contribution in [0.1, 0.15) is 35.6 Å². The Balaban J connectivity index is 1.98. The summed E-state index contributed by atoms with van der Waals surface area (Å²) >= 11 is -1.11. The summed E-state index contributed by atoms with van der Waals surface area (Å²) in [5.74, 6) is 0.906. The van der Waals surface area contributed by atoms with E-state index in [2.05, 4.69) is 60.2 Å². The van der Waals surface area contributed by atoms with E-state index in [-0.39, 0.29) is 0 Å². The molecule has 0 spiro atoms. The van der Waals surface area contributed by atoms with E-state index < -0.39 is 11.4 Å². The normalized spacial score (nSPS) is 15.5.